The van der Waals surface area contributed by atoms with Crippen LogP contribution >= 0.6 is 11.3 Å². The van der Waals surface area contributed by atoms with E-state index in [0.717, 1.165) is 5.56 Å². The van der Waals surface area contributed by atoms with Crippen LogP contribution in [0.1, 0.15) is 28.6 Å². The monoisotopic (exact) mass is 212 g/mol. The van der Waals surface area contributed by atoms with Gasteiger partial charge in [-0.25, -0.2) is 0 Å². The van der Waals surface area contributed by atoms with E-state index in [1.165, 1.54) is 11.3 Å². The summed E-state index contributed by atoms with van der Waals surface area (Å²) in [7, 11) is 0. The van der Waals surface area contributed by atoms with E-state index < -0.39 is 11.9 Å². The smallest absolute Gasteiger partial charge is 0.314 e. The van der Waals surface area contributed by atoms with Crippen LogP contribution in [0, 0.1) is 12.8 Å². The first-order valence-corrected chi connectivity index (χ1v) is 5.27. The summed E-state index contributed by atoms with van der Waals surface area (Å²) < 4.78 is 0. The highest BCUT2D eigenvalue weighted by Crippen LogP contribution is 2.21. The minimum Gasteiger partial charge on any atom is -0.481 e. The van der Waals surface area contributed by atoms with Crippen molar-refractivity contribution in [2.24, 2.45) is 5.92 Å². The topological polar surface area (TPSA) is 54.4 Å². The molecule has 76 valence electrons. The molecule has 1 atom stereocenters. The zero-order valence-corrected chi connectivity index (χ0v) is 8.93. The number of aryl methyl sites for hydroxylation is 1. The second kappa shape index (κ2) is 4.37. The first kappa shape index (κ1) is 10.9. The predicted octanol–water partition coefficient (Wildman–Crippen LogP) is 2.35. The molecule has 0 aliphatic heterocycles. The van der Waals surface area contributed by atoms with E-state index in [4.69, 9.17) is 5.11 Å². The highest BCUT2D eigenvalue weighted by Gasteiger charge is 2.26. The first-order valence-electron chi connectivity index (χ1n) is 4.39. The third-order valence-electron chi connectivity index (χ3n) is 2.11. The highest BCUT2D eigenvalue weighted by molar-refractivity contribution is 7.12. The minimum absolute atomic E-state index is 0.271. The normalized spacial score (nSPS) is 12.4. The van der Waals surface area contributed by atoms with E-state index in [1.54, 1.807) is 12.3 Å². The molecule has 0 bridgehead atoms. The molecule has 0 aliphatic rings. The van der Waals surface area contributed by atoms with E-state index >= 15 is 0 Å². The standard InChI is InChI=1S/C10H12O3S/c1-3-7(10(12)13)8(11)9-6(2)4-5-14-9/h4-5,7H,3H2,1-2H3,(H,12,13). The van der Waals surface area contributed by atoms with E-state index in [9.17, 15) is 9.59 Å². The second-order valence-electron chi connectivity index (χ2n) is 3.10. The summed E-state index contributed by atoms with van der Waals surface area (Å²) >= 11 is 1.31. The van der Waals surface area contributed by atoms with Gasteiger partial charge < -0.3 is 5.11 Å². The van der Waals surface area contributed by atoms with Crippen molar-refractivity contribution in [2.75, 3.05) is 0 Å². The van der Waals surface area contributed by atoms with Gasteiger partial charge >= 0.3 is 5.97 Å². The molecule has 1 rings (SSSR count). The van der Waals surface area contributed by atoms with Crippen molar-refractivity contribution >= 4 is 23.1 Å². The van der Waals surface area contributed by atoms with Gasteiger partial charge in [0.25, 0.3) is 0 Å². The van der Waals surface area contributed by atoms with Crippen LogP contribution in [0.5, 0.6) is 0 Å². The number of rotatable bonds is 4. The fourth-order valence-electron chi connectivity index (χ4n) is 1.26. The molecular formula is C10H12O3S. The third kappa shape index (κ3) is 2.01. The van der Waals surface area contributed by atoms with Gasteiger partial charge in [-0.3, -0.25) is 9.59 Å². The van der Waals surface area contributed by atoms with Crippen LogP contribution in [0.15, 0.2) is 11.4 Å². The fraction of sp³-hybridized carbons (Fsp3) is 0.400. The molecule has 1 aromatic heterocycles. The van der Waals surface area contributed by atoms with Crippen molar-refractivity contribution in [3.05, 3.63) is 21.9 Å². The van der Waals surface area contributed by atoms with E-state index in [-0.39, 0.29) is 5.78 Å². The van der Waals surface area contributed by atoms with Gasteiger partial charge in [-0.15, -0.1) is 11.3 Å². The van der Waals surface area contributed by atoms with E-state index in [2.05, 4.69) is 0 Å². The molecule has 0 aliphatic carbocycles. The van der Waals surface area contributed by atoms with Crippen LogP contribution in [0.25, 0.3) is 0 Å². The highest BCUT2D eigenvalue weighted by atomic mass is 32.1. The number of Topliss-reactive ketones (excluding diaryl/α,β-unsaturated/α-hetero) is 1. The Kier molecular flexibility index (Phi) is 3.41. The number of carboxylic acids is 1. The van der Waals surface area contributed by atoms with Crippen molar-refractivity contribution in [1.29, 1.82) is 0 Å². The zero-order valence-electron chi connectivity index (χ0n) is 8.11. The van der Waals surface area contributed by atoms with Gasteiger partial charge in [0.2, 0.25) is 0 Å². The molecular weight excluding hydrogens is 200 g/mol. The van der Waals surface area contributed by atoms with Crippen molar-refractivity contribution in [1.82, 2.24) is 0 Å². The van der Waals surface area contributed by atoms with Gasteiger partial charge in [0.1, 0.15) is 5.92 Å². The summed E-state index contributed by atoms with van der Waals surface area (Å²) in [6.45, 7) is 3.53. The van der Waals surface area contributed by atoms with Gasteiger partial charge in [-0.1, -0.05) is 6.92 Å². The van der Waals surface area contributed by atoms with Gasteiger partial charge in [0, 0.05) is 0 Å². The molecule has 0 radical (unpaired) electrons. The van der Waals surface area contributed by atoms with Crippen LogP contribution in [0.4, 0.5) is 0 Å². The Labute approximate surface area is 86.4 Å². The number of hydrogen-bond donors (Lipinski definition) is 1. The summed E-state index contributed by atoms with van der Waals surface area (Å²) in [4.78, 5) is 23.1. The minimum atomic E-state index is -1.04. The van der Waals surface area contributed by atoms with Gasteiger partial charge in [-0.05, 0) is 30.4 Å². The van der Waals surface area contributed by atoms with Crippen LogP contribution in [0.2, 0.25) is 0 Å². The maximum Gasteiger partial charge on any atom is 0.314 e. The maximum atomic E-state index is 11.7. The van der Waals surface area contributed by atoms with Crippen molar-refractivity contribution < 1.29 is 14.7 Å². The molecule has 0 spiro atoms. The number of ketones is 1. The predicted molar refractivity (Wildman–Crippen MR) is 54.8 cm³/mol. The third-order valence-corrected chi connectivity index (χ3v) is 3.14. The van der Waals surface area contributed by atoms with Gasteiger partial charge in [0.15, 0.2) is 5.78 Å². The number of carboxylic acid groups (broad SMARTS) is 1. The Morgan fingerprint density at radius 1 is 1.57 bits per heavy atom. The van der Waals surface area contributed by atoms with Crippen LogP contribution in [-0.4, -0.2) is 16.9 Å². The summed E-state index contributed by atoms with van der Waals surface area (Å²) in [5.74, 6) is -2.20. The van der Waals surface area contributed by atoms with E-state index in [1.807, 2.05) is 13.0 Å². The summed E-state index contributed by atoms with van der Waals surface area (Å²) in [5.41, 5.74) is 0.861. The number of aliphatic carboxylic acids is 1. The van der Waals surface area contributed by atoms with Crippen LogP contribution in [0.3, 0.4) is 0 Å². The quantitative estimate of drug-likeness (QED) is 0.615. The SMILES string of the molecule is CCC(C(=O)O)C(=O)c1sccc1C. The molecule has 1 aromatic rings. The molecule has 1 heterocycles. The number of carbonyl (C=O) groups excluding carboxylic acids is 1. The summed E-state index contributed by atoms with van der Waals surface area (Å²) in [6, 6.07) is 1.83. The second-order valence-corrected chi connectivity index (χ2v) is 4.01. The molecule has 0 aromatic carbocycles. The molecule has 1 N–H and O–H groups in total. The van der Waals surface area contributed by atoms with Crippen molar-refractivity contribution in [3.8, 4) is 0 Å². The van der Waals surface area contributed by atoms with Gasteiger partial charge in [-0.2, -0.15) is 0 Å². The Morgan fingerprint density at radius 2 is 2.21 bits per heavy atom. The molecule has 14 heavy (non-hydrogen) atoms. The molecule has 0 saturated carbocycles. The van der Waals surface area contributed by atoms with Crippen LogP contribution < -0.4 is 0 Å². The average molecular weight is 212 g/mol. The van der Waals surface area contributed by atoms with Crippen LogP contribution in [-0.2, 0) is 4.79 Å². The molecule has 0 saturated heterocycles. The maximum absolute atomic E-state index is 11.7. The molecule has 1 unspecified atom stereocenters. The lowest BCUT2D eigenvalue weighted by atomic mass is 9.99. The zero-order chi connectivity index (χ0) is 10.7. The van der Waals surface area contributed by atoms with Gasteiger partial charge in [0.05, 0.1) is 4.88 Å². The summed E-state index contributed by atoms with van der Waals surface area (Å²) in [5, 5.41) is 10.6. The number of hydrogen-bond acceptors (Lipinski definition) is 3. The molecule has 0 fully saturated rings. The lowest BCUT2D eigenvalue weighted by Crippen LogP contribution is -2.22. The van der Waals surface area contributed by atoms with E-state index in [0.29, 0.717) is 11.3 Å². The average Bonchev–Trinajstić information content (AvgIpc) is 2.51. The fourth-order valence-corrected chi connectivity index (χ4v) is 2.18. The van der Waals surface area contributed by atoms with Crippen molar-refractivity contribution in [2.45, 2.75) is 20.3 Å². The molecule has 0 amide bonds. The Morgan fingerprint density at radius 3 is 2.57 bits per heavy atom. The summed E-state index contributed by atoms with van der Waals surface area (Å²) in [6.07, 6.45) is 0.339. The molecule has 3 nitrogen and oxygen atoms in total. The van der Waals surface area contributed by atoms with Crippen molar-refractivity contribution in [3.63, 3.8) is 0 Å². The number of thiophene rings is 1. The lowest BCUT2D eigenvalue weighted by molar-refractivity contribution is -0.140. The number of carbonyl (C=O) groups is 2. The Balaban J connectivity index is 2.95. The molecule has 4 heteroatoms. The Bertz CT molecular complexity index is 354. The lowest BCUT2D eigenvalue weighted by Gasteiger charge is -2.07. The largest absolute Gasteiger partial charge is 0.481 e. The first-order chi connectivity index (χ1) is 6.57. The Hall–Kier alpha value is -1.16.